The van der Waals surface area contributed by atoms with E-state index in [1.807, 2.05) is 0 Å². The third kappa shape index (κ3) is 1.63. The average molecular weight is 174 g/mol. The minimum atomic E-state index is -1.29. The standard InChI is InChI=1S/C7H10O5/c8-4-1-3(7(11)12)2-5(9)6(4)10/h1,4-6,8-10H,2H2,(H,11,12)/t4?,5?,6-/m1/s1. The van der Waals surface area contributed by atoms with Crippen LogP contribution in [-0.2, 0) is 4.79 Å². The van der Waals surface area contributed by atoms with Crippen molar-refractivity contribution in [1.82, 2.24) is 0 Å². The quantitative estimate of drug-likeness (QED) is 0.387. The van der Waals surface area contributed by atoms with Crippen molar-refractivity contribution in [2.24, 2.45) is 0 Å². The summed E-state index contributed by atoms with van der Waals surface area (Å²) in [6.07, 6.45) is -2.86. The van der Waals surface area contributed by atoms with Gasteiger partial charge in [0, 0.05) is 12.0 Å². The van der Waals surface area contributed by atoms with Gasteiger partial charge in [-0.25, -0.2) is 4.79 Å². The predicted octanol–water partition coefficient (Wildman–Crippen LogP) is -1.52. The van der Waals surface area contributed by atoms with E-state index in [4.69, 9.17) is 20.4 Å². The van der Waals surface area contributed by atoms with Crippen molar-refractivity contribution in [2.45, 2.75) is 24.7 Å². The number of aliphatic carboxylic acids is 1. The van der Waals surface area contributed by atoms with Crippen LogP contribution in [0.3, 0.4) is 0 Å². The Morgan fingerprint density at radius 1 is 1.42 bits per heavy atom. The normalized spacial score (nSPS) is 35.9. The lowest BCUT2D eigenvalue weighted by molar-refractivity contribution is -0.134. The summed E-state index contributed by atoms with van der Waals surface area (Å²) in [4.78, 5) is 10.4. The summed E-state index contributed by atoms with van der Waals surface area (Å²) in [6.45, 7) is 0. The lowest BCUT2D eigenvalue weighted by Crippen LogP contribution is -2.40. The van der Waals surface area contributed by atoms with Gasteiger partial charge in [-0.3, -0.25) is 0 Å². The summed E-state index contributed by atoms with van der Waals surface area (Å²) >= 11 is 0. The van der Waals surface area contributed by atoms with Gasteiger partial charge in [0.05, 0.1) is 6.10 Å². The number of hydrogen-bond acceptors (Lipinski definition) is 4. The molecule has 1 aliphatic carbocycles. The van der Waals surface area contributed by atoms with E-state index in [1.54, 1.807) is 0 Å². The van der Waals surface area contributed by atoms with Gasteiger partial charge in [-0.05, 0) is 6.08 Å². The molecule has 0 fully saturated rings. The fraction of sp³-hybridized carbons (Fsp3) is 0.571. The Balaban J connectivity index is 2.81. The summed E-state index contributed by atoms with van der Waals surface area (Å²) in [6, 6.07) is 0. The molecule has 0 saturated heterocycles. The molecule has 0 heterocycles. The molecule has 0 aromatic heterocycles. The van der Waals surface area contributed by atoms with Crippen LogP contribution >= 0.6 is 0 Å². The van der Waals surface area contributed by atoms with Crippen LogP contribution in [0.5, 0.6) is 0 Å². The second kappa shape index (κ2) is 3.22. The average Bonchev–Trinajstić information content (AvgIpc) is 1.99. The lowest BCUT2D eigenvalue weighted by Gasteiger charge is -2.25. The van der Waals surface area contributed by atoms with Crippen LogP contribution in [0.25, 0.3) is 0 Å². The van der Waals surface area contributed by atoms with Gasteiger partial charge in [-0.2, -0.15) is 0 Å². The largest absolute Gasteiger partial charge is 0.478 e. The first-order valence-corrected chi connectivity index (χ1v) is 3.50. The number of aliphatic hydroxyl groups excluding tert-OH is 3. The third-order valence-electron chi connectivity index (χ3n) is 1.82. The molecule has 0 amide bonds. The molecule has 0 spiro atoms. The zero-order chi connectivity index (χ0) is 9.30. The fourth-order valence-corrected chi connectivity index (χ4v) is 1.11. The molecule has 2 unspecified atom stereocenters. The van der Waals surface area contributed by atoms with Crippen LogP contribution in [-0.4, -0.2) is 44.7 Å². The Hall–Kier alpha value is -0.910. The van der Waals surface area contributed by atoms with Crippen molar-refractivity contribution < 1.29 is 25.2 Å². The first kappa shape index (κ1) is 9.18. The molecule has 3 atom stereocenters. The van der Waals surface area contributed by atoms with Crippen molar-refractivity contribution in [2.75, 3.05) is 0 Å². The first-order chi connectivity index (χ1) is 5.52. The highest BCUT2D eigenvalue weighted by atomic mass is 16.4. The second-order valence-corrected chi connectivity index (χ2v) is 2.75. The fourth-order valence-electron chi connectivity index (χ4n) is 1.11. The Labute approximate surface area is 68.6 Å². The Morgan fingerprint density at radius 3 is 2.42 bits per heavy atom. The monoisotopic (exact) mass is 174 g/mol. The highest BCUT2D eigenvalue weighted by molar-refractivity contribution is 5.87. The minimum Gasteiger partial charge on any atom is -0.478 e. The van der Waals surface area contributed by atoms with Gasteiger partial charge in [-0.1, -0.05) is 0 Å². The maximum atomic E-state index is 10.4. The predicted molar refractivity (Wildman–Crippen MR) is 38.4 cm³/mol. The van der Waals surface area contributed by atoms with Crippen molar-refractivity contribution in [3.05, 3.63) is 11.6 Å². The second-order valence-electron chi connectivity index (χ2n) is 2.75. The maximum Gasteiger partial charge on any atom is 0.331 e. The van der Waals surface area contributed by atoms with Crippen LogP contribution in [0.15, 0.2) is 11.6 Å². The van der Waals surface area contributed by atoms with Gasteiger partial charge >= 0.3 is 5.97 Å². The highest BCUT2D eigenvalue weighted by Gasteiger charge is 2.31. The SMILES string of the molecule is O=C(O)C1=CC(O)[C@@H](O)C(O)C1. The zero-order valence-electron chi connectivity index (χ0n) is 6.21. The first-order valence-electron chi connectivity index (χ1n) is 3.50. The molecule has 0 aliphatic heterocycles. The van der Waals surface area contributed by atoms with Gasteiger partial charge in [0.25, 0.3) is 0 Å². The van der Waals surface area contributed by atoms with Crippen molar-refractivity contribution in [3.63, 3.8) is 0 Å². The summed E-state index contributed by atoms with van der Waals surface area (Å²) in [5, 5.41) is 35.6. The van der Waals surface area contributed by atoms with E-state index in [-0.39, 0.29) is 12.0 Å². The molecular weight excluding hydrogens is 164 g/mol. The molecule has 4 N–H and O–H groups in total. The molecule has 5 nitrogen and oxygen atoms in total. The summed E-state index contributed by atoms with van der Waals surface area (Å²) in [7, 11) is 0. The molecule has 1 rings (SSSR count). The molecule has 0 bridgehead atoms. The lowest BCUT2D eigenvalue weighted by atomic mass is 9.92. The molecule has 68 valence electrons. The summed E-state index contributed by atoms with van der Waals surface area (Å²) in [5.41, 5.74) is -0.0692. The van der Waals surface area contributed by atoms with Gasteiger partial charge in [0.2, 0.25) is 0 Å². The minimum absolute atomic E-state index is 0.0692. The number of carbonyl (C=O) groups is 1. The molecule has 12 heavy (non-hydrogen) atoms. The molecule has 0 aromatic rings. The van der Waals surface area contributed by atoms with Crippen LogP contribution in [0, 0.1) is 0 Å². The molecule has 0 aromatic carbocycles. The van der Waals surface area contributed by atoms with Gasteiger partial charge < -0.3 is 20.4 Å². The summed E-state index contributed by atoms with van der Waals surface area (Å²) < 4.78 is 0. The van der Waals surface area contributed by atoms with E-state index in [9.17, 15) is 4.79 Å². The number of hydrogen-bond donors (Lipinski definition) is 4. The van der Waals surface area contributed by atoms with Gasteiger partial charge in [0.1, 0.15) is 12.2 Å². The number of carboxylic acids is 1. The van der Waals surface area contributed by atoms with E-state index < -0.39 is 24.3 Å². The van der Waals surface area contributed by atoms with Crippen LogP contribution in [0.4, 0.5) is 0 Å². The zero-order valence-corrected chi connectivity index (χ0v) is 6.21. The number of aliphatic hydroxyl groups is 3. The Kier molecular flexibility index (Phi) is 2.46. The molecule has 5 heteroatoms. The van der Waals surface area contributed by atoms with E-state index >= 15 is 0 Å². The molecule has 0 radical (unpaired) electrons. The van der Waals surface area contributed by atoms with Gasteiger partial charge in [-0.15, -0.1) is 0 Å². The van der Waals surface area contributed by atoms with Crippen LogP contribution in [0.2, 0.25) is 0 Å². The number of carboxylic acid groups (broad SMARTS) is 1. The third-order valence-corrected chi connectivity index (χ3v) is 1.82. The number of rotatable bonds is 1. The molecule has 0 saturated carbocycles. The van der Waals surface area contributed by atoms with Gasteiger partial charge in [0.15, 0.2) is 0 Å². The maximum absolute atomic E-state index is 10.4. The van der Waals surface area contributed by atoms with E-state index in [0.29, 0.717) is 0 Å². The molecule has 1 aliphatic rings. The Morgan fingerprint density at radius 2 is 2.00 bits per heavy atom. The smallest absolute Gasteiger partial charge is 0.331 e. The Bertz CT molecular complexity index is 222. The van der Waals surface area contributed by atoms with Crippen molar-refractivity contribution >= 4 is 5.97 Å². The van der Waals surface area contributed by atoms with Crippen molar-refractivity contribution in [3.8, 4) is 0 Å². The highest BCUT2D eigenvalue weighted by Crippen LogP contribution is 2.19. The molecular formula is C7H10O5. The van der Waals surface area contributed by atoms with E-state index in [0.717, 1.165) is 6.08 Å². The van der Waals surface area contributed by atoms with Crippen LogP contribution in [0.1, 0.15) is 6.42 Å². The van der Waals surface area contributed by atoms with E-state index in [1.165, 1.54) is 0 Å². The van der Waals surface area contributed by atoms with Crippen LogP contribution < -0.4 is 0 Å². The van der Waals surface area contributed by atoms with Crippen molar-refractivity contribution in [1.29, 1.82) is 0 Å². The topological polar surface area (TPSA) is 98.0 Å². The summed E-state index contributed by atoms with van der Waals surface area (Å²) in [5.74, 6) is -1.18. The van der Waals surface area contributed by atoms with E-state index in [2.05, 4.69) is 0 Å².